The van der Waals surface area contributed by atoms with Crippen molar-refractivity contribution in [1.29, 1.82) is 0 Å². The fourth-order valence-electron chi connectivity index (χ4n) is 2.47. The Labute approximate surface area is 149 Å². The average Bonchev–Trinajstić information content (AvgIpc) is 2.62. The van der Waals surface area contributed by atoms with Crippen LogP contribution >= 0.6 is 0 Å². The summed E-state index contributed by atoms with van der Waals surface area (Å²) in [6.45, 7) is 0.862. The molecule has 2 aromatic carbocycles. The van der Waals surface area contributed by atoms with Crippen LogP contribution in [-0.2, 0) is 5.92 Å². The highest BCUT2D eigenvalue weighted by Gasteiger charge is 2.23. The van der Waals surface area contributed by atoms with Crippen LogP contribution in [0.25, 0.3) is 11.3 Å². The van der Waals surface area contributed by atoms with E-state index >= 15 is 0 Å². The van der Waals surface area contributed by atoms with Gasteiger partial charge < -0.3 is 16.5 Å². The maximum Gasteiger partial charge on any atom is 0.270 e. The van der Waals surface area contributed by atoms with E-state index in [-0.39, 0.29) is 5.56 Å². The van der Waals surface area contributed by atoms with E-state index in [4.69, 9.17) is 11.6 Å². The van der Waals surface area contributed by atoms with Crippen LogP contribution < -0.4 is 22.3 Å². The Hall–Kier alpha value is -3.26. The Morgan fingerprint density at radius 3 is 2.31 bits per heavy atom. The molecule has 0 aliphatic rings. The van der Waals surface area contributed by atoms with E-state index in [1.807, 2.05) is 6.07 Å². The van der Waals surface area contributed by atoms with Gasteiger partial charge in [-0.25, -0.2) is 13.8 Å². The van der Waals surface area contributed by atoms with Crippen LogP contribution in [0, 0.1) is 0 Å². The van der Waals surface area contributed by atoms with Crippen molar-refractivity contribution in [1.82, 2.24) is 9.97 Å². The second-order valence-electron chi connectivity index (χ2n) is 5.79. The molecule has 26 heavy (non-hydrogen) atoms. The van der Waals surface area contributed by atoms with E-state index in [2.05, 4.69) is 20.7 Å². The summed E-state index contributed by atoms with van der Waals surface area (Å²) in [5.74, 6) is 2.99. The molecule has 3 rings (SSSR count). The van der Waals surface area contributed by atoms with Gasteiger partial charge in [0.1, 0.15) is 5.69 Å². The Balaban J connectivity index is 1.91. The number of halogens is 2. The number of hydrogen-bond donors (Lipinski definition) is 4. The number of hydrazine groups is 1. The molecule has 1 aromatic heterocycles. The largest absolute Gasteiger partial charge is 0.397 e. The number of nitrogens with two attached hydrogens (primary N) is 2. The molecule has 6 nitrogen and oxygen atoms in total. The number of nitrogens with zero attached hydrogens (tertiary/aromatic N) is 2. The minimum atomic E-state index is -2.88. The predicted molar refractivity (Wildman–Crippen MR) is 99.0 cm³/mol. The molecular formula is C18H18F2N6. The van der Waals surface area contributed by atoms with E-state index in [1.54, 1.807) is 36.7 Å². The maximum absolute atomic E-state index is 13.3. The summed E-state index contributed by atoms with van der Waals surface area (Å²) in [6, 6.07) is 11.2. The third-order valence-corrected chi connectivity index (χ3v) is 3.83. The van der Waals surface area contributed by atoms with Crippen LogP contribution in [0.4, 0.5) is 31.7 Å². The van der Waals surface area contributed by atoms with Crippen LogP contribution in [0.1, 0.15) is 12.5 Å². The molecule has 0 fully saturated rings. The lowest BCUT2D eigenvalue weighted by atomic mass is 10.1. The normalized spacial score (nSPS) is 11.2. The topological polar surface area (TPSA) is 102 Å². The first-order valence-electron chi connectivity index (χ1n) is 7.81. The highest BCUT2D eigenvalue weighted by Crippen LogP contribution is 2.31. The van der Waals surface area contributed by atoms with Crippen LogP contribution in [0.5, 0.6) is 0 Å². The summed E-state index contributed by atoms with van der Waals surface area (Å²) in [7, 11) is 0. The second-order valence-corrected chi connectivity index (χ2v) is 5.79. The first kappa shape index (κ1) is 17.6. The van der Waals surface area contributed by atoms with Gasteiger partial charge in [0.05, 0.1) is 11.4 Å². The zero-order valence-electron chi connectivity index (χ0n) is 14.0. The molecule has 0 spiro atoms. The number of alkyl halides is 2. The molecule has 3 aromatic rings. The van der Waals surface area contributed by atoms with Crippen molar-refractivity contribution in [3.8, 4) is 11.3 Å². The molecule has 0 atom stereocenters. The molecule has 0 unspecified atom stereocenters. The monoisotopic (exact) mass is 356 g/mol. The lowest BCUT2D eigenvalue weighted by Gasteiger charge is -2.14. The molecular weight excluding hydrogens is 338 g/mol. The standard InChI is InChI=1S/C18H18F2N6/c1-18(19,20)12-3-5-13(6-4-12)25-17-16(23-8-9-24-17)11-2-7-15(26-22)14(21)10-11/h2-10,26H,21-22H2,1H3,(H,24,25). The van der Waals surface area contributed by atoms with Gasteiger partial charge in [0, 0.05) is 36.1 Å². The number of hydrogen-bond acceptors (Lipinski definition) is 6. The van der Waals surface area contributed by atoms with Gasteiger partial charge in [-0.2, -0.15) is 0 Å². The minimum absolute atomic E-state index is 0.0555. The average molecular weight is 356 g/mol. The van der Waals surface area contributed by atoms with Crippen molar-refractivity contribution in [3.63, 3.8) is 0 Å². The zero-order chi connectivity index (χ0) is 18.7. The van der Waals surface area contributed by atoms with Crippen molar-refractivity contribution in [3.05, 3.63) is 60.4 Å². The molecule has 8 heteroatoms. The van der Waals surface area contributed by atoms with E-state index in [9.17, 15) is 8.78 Å². The van der Waals surface area contributed by atoms with Crippen molar-refractivity contribution in [2.75, 3.05) is 16.5 Å². The third-order valence-electron chi connectivity index (χ3n) is 3.83. The zero-order valence-corrected chi connectivity index (χ0v) is 14.0. The molecule has 6 N–H and O–H groups in total. The Morgan fingerprint density at radius 1 is 1.00 bits per heavy atom. The first-order chi connectivity index (χ1) is 12.4. The van der Waals surface area contributed by atoms with Crippen molar-refractivity contribution in [2.45, 2.75) is 12.8 Å². The molecule has 0 aliphatic heterocycles. The molecule has 134 valence electrons. The minimum Gasteiger partial charge on any atom is -0.397 e. The number of rotatable bonds is 5. The summed E-state index contributed by atoms with van der Waals surface area (Å²) >= 11 is 0. The summed E-state index contributed by atoms with van der Waals surface area (Å²) in [5, 5.41) is 3.10. The van der Waals surface area contributed by atoms with Gasteiger partial charge in [0.2, 0.25) is 0 Å². The molecule has 1 heterocycles. The number of aromatic nitrogens is 2. The Kier molecular flexibility index (Phi) is 4.68. The molecule has 0 saturated heterocycles. The van der Waals surface area contributed by atoms with Gasteiger partial charge in [-0.3, -0.25) is 10.8 Å². The van der Waals surface area contributed by atoms with Crippen LogP contribution in [0.15, 0.2) is 54.9 Å². The molecule has 0 radical (unpaired) electrons. The van der Waals surface area contributed by atoms with Gasteiger partial charge in [0.25, 0.3) is 5.92 Å². The number of benzene rings is 2. The number of nitrogen functional groups attached to an aromatic ring is 2. The van der Waals surface area contributed by atoms with E-state index in [1.165, 1.54) is 12.1 Å². The Morgan fingerprint density at radius 2 is 1.69 bits per heavy atom. The lowest BCUT2D eigenvalue weighted by Crippen LogP contribution is -2.09. The van der Waals surface area contributed by atoms with Gasteiger partial charge >= 0.3 is 0 Å². The summed E-state index contributed by atoms with van der Waals surface area (Å²) in [4.78, 5) is 8.64. The first-order valence-corrected chi connectivity index (χ1v) is 7.81. The van der Waals surface area contributed by atoms with E-state index in [0.717, 1.165) is 12.5 Å². The van der Waals surface area contributed by atoms with E-state index in [0.29, 0.717) is 28.6 Å². The van der Waals surface area contributed by atoms with Gasteiger partial charge in [-0.05, 0) is 24.3 Å². The lowest BCUT2D eigenvalue weighted by molar-refractivity contribution is 0.0175. The highest BCUT2D eigenvalue weighted by molar-refractivity contribution is 5.80. The quantitative estimate of drug-likeness (QED) is 0.314. The van der Waals surface area contributed by atoms with E-state index < -0.39 is 5.92 Å². The van der Waals surface area contributed by atoms with Gasteiger partial charge in [-0.1, -0.05) is 18.2 Å². The fraction of sp³-hybridized carbons (Fsp3) is 0.111. The predicted octanol–water partition coefficient (Wildman–Crippen LogP) is 3.87. The molecule has 0 amide bonds. The SMILES string of the molecule is CC(F)(F)c1ccc(Nc2nccnc2-c2ccc(NN)c(N)c2)cc1. The molecule has 0 aliphatic carbocycles. The number of nitrogens with one attached hydrogen (secondary N) is 2. The highest BCUT2D eigenvalue weighted by atomic mass is 19.3. The van der Waals surface area contributed by atoms with Crippen molar-refractivity contribution >= 4 is 22.9 Å². The summed E-state index contributed by atoms with van der Waals surface area (Å²) in [5.41, 5.74) is 11.4. The molecule has 0 saturated carbocycles. The molecule has 0 bridgehead atoms. The van der Waals surface area contributed by atoms with Crippen molar-refractivity contribution in [2.24, 2.45) is 5.84 Å². The second kappa shape index (κ2) is 6.93. The van der Waals surface area contributed by atoms with Crippen LogP contribution in [-0.4, -0.2) is 9.97 Å². The summed E-state index contributed by atoms with van der Waals surface area (Å²) in [6.07, 6.45) is 3.10. The van der Waals surface area contributed by atoms with Crippen LogP contribution in [0.2, 0.25) is 0 Å². The smallest absolute Gasteiger partial charge is 0.270 e. The number of anilines is 4. The summed E-state index contributed by atoms with van der Waals surface area (Å²) < 4.78 is 26.7. The van der Waals surface area contributed by atoms with Crippen molar-refractivity contribution < 1.29 is 8.78 Å². The van der Waals surface area contributed by atoms with Gasteiger partial charge in [0.15, 0.2) is 5.82 Å². The van der Waals surface area contributed by atoms with Crippen LogP contribution in [0.3, 0.4) is 0 Å². The Bertz CT molecular complexity index is 906. The third kappa shape index (κ3) is 3.70. The fourth-order valence-corrected chi connectivity index (χ4v) is 2.47. The maximum atomic E-state index is 13.3. The van der Waals surface area contributed by atoms with Gasteiger partial charge in [-0.15, -0.1) is 0 Å².